The van der Waals surface area contributed by atoms with E-state index in [0.717, 1.165) is 56.1 Å². The summed E-state index contributed by atoms with van der Waals surface area (Å²) < 4.78 is 0. The van der Waals surface area contributed by atoms with Crippen LogP contribution in [0.2, 0.25) is 0 Å². The third-order valence-electron chi connectivity index (χ3n) is 8.16. The number of hydrogen-bond donors (Lipinski definition) is 1. The Bertz CT molecular complexity index is 1100. The van der Waals surface area contributed by atoms with Crippen molar-refractivity contribution in [2.45, 2.75) is 45.6 Å². The fraction of sp³-hybridized carbons (Fsp3) is 0.536. The monoisotopic (exact) mass is 489 g/mol. The Morgan fingerprint density at radius 1 is 1.03 bits per heavy atom. The Morgan fingerprint density at radius 2 is 1.69 bits per heavy atom. The number of hydrogen-bond acceptors (Lipinski definition) is 6. The van der Waals surface area contributed by atoms with Crippen LogP contribution in [0, 0.1) is 31.6 Å². The van der Waals surface area contributed by atoms with E-state index in [1.165, 1.54) is 6.33 Å². The van der Waals surface area contributed by atoms with E-state index in [1.54, 1.807) is 0 Å². The molecule has 190 valence electrons. The molecule has 2 aromatic rings. The van der Waals surface area contributed by atoms with Crippen LogP contribution in [-0.2, 0) is 9.59 Å². The highest BCUT2D eigenvalue weighted by Gasteiger charge is 2.42. The lowest BCUT2D eigenvalue weighted by Gasteiger charge is -2.26. The standard InChI is InChI=1S/C28H35N5O3/c1-18-26(19(2)30-17-29-18)28(36)33-15-22-13-32(14-23(22)16-33)11-10-25(20-6-4-3-5-7-20)31-27(35)21-8-9-24(34)12-21/h3-7,17,21-23,25H,8-16H2,1-2H3,(H,31,35)/t21?,22?,23?,25-/m0/s1. The molecule has 5 rings (SSSR count). The van der Waals surface area contributed by atoms with Crippen molar-refractivity contribution in [1.29, 1.82) is 0 Å². The Hall–Kier alpha value is -3.13. The van der Waals surface area contributed by atoms with Crippen LogP contribution in [0.15, 0.2) is 36.7 Å². The third-order valence-corrected chi connectivity index (χ3v) is 8.16. The van der Waals surface area contributed by atoms with Crippen molar-refractivity contribution in [3.8, 4) is 0 Å². The van der Waals surface area contributed by atoms with Gasteiger partial charge in [-0.05, 0) is 44.1 Å². The number of nitrogens with zero attached hydrogens (tertiary/aromatic N) is 4. The molecule has 8 heteroatoms. The first-order valence-electron chi connectivity index (χ1n) is 13.1. The maximum absolute atomic E-state index is 13.2. The van der Waals surface area contributed by atoms with Gasteiger partial charge >= 0.3 is 0 Å². The molecule has 1 aromatic carbocycles. The van der Waals surface area contributed by atoms with Crippen LogP contribution >= 0.6 is 0 Å². The maximum Gasteiger partial charge on any atom is 0.257 e. The third kappa shape index (κ3) is 5.19. The van der Waals surface area contributed by atoms with Gasteiger partial charge in [0.05, 0.1) is 23.0 Å². The van der Waals surface area contributed by atoms with Crippen LogP contribution in [0.25, 0.3) is 0 Å². The number of benzene rings is 1. The second kappa shape index (κ2) is 10.5. The van der Waals surface area contributed by atoms with Gasteiger partial charge in [0.25, 0.3) is 5.91 Å². The second-order valence-electron chi connectivity index (χ2n) is 10.6. The summed E-state index contributed by atoms with van der Waals surface area (Å²) in [5, 5.41) is 3.24. The van der Waals surface area contributed by atoms with E-state index in [0.29, 0.717) is 36.7 Å². The van der Waals surface area contributed by atoms with E-state index in [4.69, 9.17) is 0 Å². The number of carbonyl (C=O) groups is 3. The summed E-state index contributed by atoms with van der Waals surface area (Å²) in [7, 11) is 0. The summed E-state index contributed by atoms with van der Waals surface area (Å²) in [4.78, 5) is 50.6. The van der Waals surface area contributed by atoms with Gasteiger partial charge in [-0.1, -0.05) is 30.3 Å². The first kappa shape index (κ1) is 24.6. The van der Waals surface area contributed by atoms with Crippen LogP contribution in [0.4, 0.5) is 0 Å². The quantitative estimate of drug-likeness (QED) is 0.643. The molecule has 1 aromatic heterocycles. The molecule has 2 amide bonds. The van der Waals surface area contributed by atoms with E-state index >= 15 is 0 Å². The van der Waals surface area contributed by atoms with E-state index in [9.17, 15) is 14.4 Å². The van der Waals surface area contributed by atoms with Crippen molar-refractivity contribution < 1.29 is 14.4 Å². The number of amides is 2. The number of rotatable bonds is 7. The smallest absolute Gasteiger partial charge is 0.257 e. The van der Waals surface area contributed by atoms with Crippen molar-refractivity contribution in [3.05, 3.63) is 59.2 Å². The lowest BCUT2D eigenvalue weighted by molar-refractivity contribution is -0.127. The highest BCUT2D eigenvalue weighted by Crippen LogP contribution is 2.33. The zero-order valence-electron chi connectivity index (χ0n) is 21.2. The van der Waals surface area contributed by atoms with Gasteiger partial charge in [-0.3, -0.25) is 14.4 Å². The Balaban J connectivity index is 1.17. The molecule has 0 radical (unpaired) electrons. The minimum absolute atomic E-state index is 0.00220. The minimum atomic E-state index is -0.194. The van der Waals surface area contributed by atoms with Crippen molar-refractivity contribution in [2.75, 3.05) is 32.7 Å². The molecule has 0 spiro atoms. The summed E-state index contributed by atoms with van der Waals surface area (Å²) >= 11 is 0. The molecule has 3 heterocycles. The van der Waals surface area contributed by atoms with Crippen LogP contribution in [0.3, 0.4) is 0 Å². The number of carbonyl (C=O) groups excluding carboxylic acids is 3. The average Bonchev–Trinajstić information content (AvgIpc) is 3.57. The summed E-state index contributed by atoms with van der Waals surface area (Å²) in [6.07, 6.45) is 3.87. The van der Waals surface area contributed by atoms with Crippen molar-refractivity contribution >= 4 is 17.6 Å². The van der Waals surface area contributed by atoms with E-state index < -0.39 is 0 Å². The fourth-order valence-corrected chi connectivity index (χ4v) is 6.15. The first-order chi connectivity index (χ1) is 17.4. The first-order valence-corrected chi connectivity index (χ1v) is 13.1. The van der Waals surface area contributed by atoms with Gasteiger partial charge in [-0.25, -0.2) is 9.97 Å². The van der Waals surface area contributed by atoms with Gasteiger partial charge in [0.15, 0.2) is 0 Å². The normalized spacial score (nSPS) is 24.7. The molecule has 3 unspecified atom stereocenters. The highest BCUT2D eigenvalue weighted by atomic mass is 16.2. The van der Waals surface area contributed by atoms with Crippen LogP contribution in [0.5, 0.6) is 0 Å². The predicted molar refractivity (Wildman–Crippen MR) is 135 cm³/mol. The van der Waals surface area contributed by atoms with Crippen molar-refractivity contribution in [2.24, 2.45) is 17.8 Å². The zero-order chi connectivity index (χ0) is 25.2. The molecule has 1 saturated carbocycles. The van der Waals surface area contributed by atoms with Crippen molar-refractivity contribution in [3.63, 3.8) is 0 Å². The molecule has 1 N–H and O–H groups in total. The molecule has 2 saturated heterocycles. The SMILES string of the molecule is Cc1ncnc(C)c1C(=O)N1CC2CN(CC[C@H](NC(=O)C3CCC(=O)C3)c3ccccc3)CC2C1. The lowest BCUT2D eigenvalue weighted by atomic mass is 10.0. The second-order valence-corrected chi connectivity index (χ2v) is 10.6. The minimum Gasteiger partial charge on any atom is -0.349 e. The van der Waals surface area contributed by atoms with E-state index in [1.807, 2.05) is 36.9 Å². The van der Waals surface area contributed by atoms with Gasteiger partial charge in [0.1, 0.15) is 12.1 Å². The number of fused-ring (bicyclic) bond motifs is 1. The number of ketones is 1. The van der Waals surface area contributed by atoms with Crippen LogP contribution in [0.1, 0.15) is 59.0 Å². The van der Waals surface area contributed by atoms with Crippen LogP contribution < -0.4 is 5.32 Å². The largest absolute Gasteiger partial charge is 0.349 e. The molecule has 0 bridgehead atoms. The Morgan fingerprint density at radius 3 is 2.31 bits per heavy atom. The number of aromatic nitrogens is 2. The molecular formula is C28H35N5O3. The van der Waals surface area contributed by atoms with Crippen molar-refractivity contribution in [1.82, 2.24) is 25.1 Å². The Labute approximate surface area is 212 Å². The summed E-state index contributed by atoms with van der Waals surface area (Å²) in [6, 6.07) is 10.0. The lowest BCUT2D eigenvalue weighted by Crippen LogP contribution is -2.37. The topological polar surface area (TPSA) is 95.5 Å². The van der Waals surface area contributed by atoms with Gasteiger partial charge in [0.2, 0.25) is 5.91 Å². The van der Waals surface area contributed by atoms with Crippen LogP contribution in [-0.4, -0.2) is 70.1 Å². The molecule has 8 nitrogen and oxygen atoms in total. The number of aryl methyl sites for hydroxylation is 2. The Kier molecular flexibility index (Phi) is 7.14. The maximum atomic E-state index is 13.2. The summed E-state index contributed by atoms with van der Waals surface area (Å²) in [5.41, 5.74) is 3.21. The molecule has 3 aliphatic rings. The van der Waals surface area contributed by atoms with Gasteiger partial charge in [0, 0.05) is 51.5 Å². The zero-order valence-corrected chi connectivity index (χ0v) is 21.2. The molecular weight excluding hydrogens is 454 g/mol. The molecule has 3 fully saturated rings. The average molecular weight is 490 g/mol. The van der Waals surface area contributed by atoms with Gasteiger partial charge < -0.3 is 15.1 Å². The molecule has 2 aliphatic heterocycles. The summed E-state index contributed by atoms with van der Waals surface area (Å²) in [6.45, 7) is 8.08. The number of Topliss-reactive ketones (excluding diaryl/α,β-unsaturated/α-hetero) is 1. The van der Waals surface area contributed by atoms with E-state index in [-0.39, 0.29) is 29.6 Å². The number of likely N-dealkylation sites (tertiary alicyclic amines) is 2. The molecule has 4 atom stereocenters. The van der Waals surface area contributed by atoms with Gasteiger partial charge in [-0.2, -0.15) is 0 Å². The van der Waals surface area contributed by atoms with Gasteiger partial charge in [-0.15, -0.1) is 0 Å². The number of nitrogens with one attached hydrogen (secondary N) is 1. The molecule has 1 aliphatic carbocycles. The summed E-state index contributed by atoms with van der Waals surface area (Å²) in [5.74, 6) is 0.969. The highest BCUT2D eigenvalue weighted by molar-refractivity contribution is 5.96. The fourth-order valence-electron chi connectivity index (χ4n) is 6.15. The predicted octanol–water partition coefficient (Wildman–Crippen LogP) is 2.71. The molecule has 36 heavy (non-hydrogen) atoms. The van der Waals surface area contributed by atoms with E-state index in [2.05, 4.69) is 32.3 Å².